The van der Waals surface area contributed by atoms with E-state index in [0.29, 0.717) is 26.6 Å². The summed E-state index contributed by atoms with van der Waals surface area (Å²) in [5.74, 6) is -1.58. The van der Waals surface area contributed by atoms with Crippen molar-refractivity contribution in [1.82, 2.24) is 0 Å². The minimum Gasteiger partial charge on any atom is -0.623 e. The minimum absolute atomic E-state index is 0.115. The maximum absolute atomic E-state index is 12.4. The van der Waals surface area contributed by atoms with Gasteiger partial charge in [-0.2, -0.15) is 4.74 Å². The zero-order valence-electron chi connectivity index (χ0n) is 12.8. The molecule has 124 valence electrons. The highest BCUT2D eigenvalue weighted by Crippen LogP contribution is 2.24. The van der Waals surface area contributed by atoms with Gasteiger partial charge in [-0.15, -0.1) is 0 Å². The lowest BCUT2D eigenvalue weighted by Gasteiger charge is -2.14. The van der Waals surface area contributed by atoms with Crippen LogP contribution < -0.4 is 5.32 Å². The summed E-state index contributed by atoms with van der Waals surface area (Å²) in [5, 5.41) is 24.4. The molecule has 0 saturated carbocycles. The van der Waals surface area contributed by atoms with Gasteiger partial charge in [0.05, 0.1) is 11.3 Å². The molecule has 0 heterocycles. The maximum Gasteiger partial charge on any atom is 0.371 e. The number of hydrogen-bond acceptors (Lipinski definition) is 3. The summed E-state index contributed by atoms with van der Waals surface area (Å²) in [5.41, 5.74) is 1.35. The highest BCUT2D eigenvalue weighted by atomic mass is 35.5. The van der Waals surface area contributed by atoms with E-state index in [2.05, 4.69) is 5.32 Å². The number of nitrogens with one attached hydrogen (secondary N) is 1. The van der Waals surface area contributed by atoms with Crippen LogP contribution in [0.4, 0.5) is 5.69 Å². The molecule has 0 aliphatic rings. The van der Waals surface area contributed by atoms with Gasteiger partial charge in [0.25, 0.3) is 0 Å². The second-order valence-electron chi connectivity index (χ2n) is 5.02. The number of rotatable bonds is 5. The molecule has 0 aromatic heterocycles. The summed E-state index contributed by atoms with van der Waals surface area (Å²) in [7, 11) is 0. The van der Waals surface area contributed by atoms with Crippen molar-refractivity contribution in [2.45, 2.75) is 6.92 Å². The van der Waals surface area contributed by atoms with Gasteiger partial charge >= 0.3 is 5.97 Å². The van der Waals surface area contributed by atoms with Crippen molar-refractivity contribution in [3.63, 3.8) is 0 Å². The van der Waals surface area contributed by atoms with Gasteiger partial charge in [-0.25, -0.2) is 4.79 Å². The van der Waals surface area contributed by atoms with Crippen LogP contribution in [0.25, 0.3) is 0 Å². The van der Waals surface area contributed by atoms with Gasteiger partial charge < -0.3 is 15.6 Å². The molecule has 0 aliphatic carbocycles. The van der Waals surface area contributed by atoms with E-state index in [4.69, 9.17) is 16.7 Å². The quantitative estimate of drug-likeness (QED) is 0.377. The molecule has 6 nitrogen and oxygen atoms in total. The molecule has 0 fully saturated rings. The fourth-order valence-corrected chi connectivity index (χ4v) is 2.41. The average molecular weight is 347 g/mol. The third kappa shape index (κ3) is 4.33. The summed E-state index contributed by atoms with van der Waals surface area (Å²) in [6, 6.07) is 13.3. The Labute approximate surface area is 143 Å². The van der Waals surface area contributed by atoms with Crippen LogP contribution in [0, 0.1) is 5.21 Å². The maximum atomic E-state index is 12.4. The van der Waals surface area contributed by atoms with Gasteiger partial charge in [0, 0.05) is 17.5 Å². The number of hydroxylamine groups is 1. The van der Waals surface area contributed by atoms with Crippen molar-refractivity contribution in [2.24, 2.45) is 0 Å². The van der Waals surface area contributed by atoms with E-state index in [1.807, 2.05) is 0 Å². The number of nitrogens with zero attached hydrogens (tertiary/aromatic N) is 1. The topological polar surface area (TPSA) is 92.5 Å². The van der Waals surface area contributed by atoms with Gasteiger partial charge in [0.2, 0.25) is 18.2 Å². The third-order valence-electron chi connectivity index (χ3n) is 3.12. The molecule has 0 aliphatic heterocycles. The Hall–Kier alpha value is -2.86. The van der Waals surface area contributed by atoms with Crippen LogP contribution in [0.1, 0.15) is 18.1 Å². The van der Waals surface area contributed by atoms with E-state index in [-0.39, 0.29) is 11.6 Å². The molecule has 24 heavy (non-hydrogen) atoms. The molecule has 2 N–H and O–H groups in total. The molecule has 0 radical (unpaired) electrons. The highest BCUT2D eigenvalue weighted by Gasteiger charge is 2.22. The molecular weight excluding hydrogens is 332 g/mol. The fraction of sp³-hybridized carbons (Fsp3) is 0.118. The number of aliphatic carboxylic acids is 1. The highest BCUT2D eigenvalue weighted by molar-refractivity contribution is 6.31. The average Bonchev–Trinajstić information content (AvgIpc) is 2.50. The fourth-order valence-electron chi connectivity index (χ4n) is 2.24. The minimum atomic E-state index is -1.26. The predicted molar refractivity (Wildman–Crippen MR) is 91.5 cm³/mol. The Morgan fingerprint density at radius 2 is 1.88 bits per heavy atom. The third-order valence-corrected chi connectivity index (χ3v) is 3.36. The molecule has 0 unspecified atom stereocenters. The number of carboxylic acid groups (broad SMARTS) is 1. The van der Waals surface area contributed by atoms with Crippen molar-refractivity contribution in [1.29, 1.82) is 0 Å². The van der Waals surface area contributed by atoms with E-state index < -0.39 is 12.5 Å². The van der Waals surface area contributed by atoms with Crippen LogP contribution in [0.5, 0.6) is 0 Å². The van der Waals surface area contributed by atoms with Crippen LogP contribution >= 0.6 is 11.6 Å². The normalized spacial score (nSPS) is 11.6. The zero-order chi connectivity index (χ0) is 17.7. The van der Waals surface area contributed by atoms with Crippen molar-refractivity contribution in [2.75, 3.05) is 11.9 Å². The number of carboxylic acids is 1. The van der Waals surface area contributed by atoms with Crippen molar-refractivity contribution >= 4 is 34.9 Å². The Bertz CT molecular complexity index is 803. The van der Waals surface area contributed by atoms with Crippen LogP contribution in [-0.2, 0) is 9.59 Å². The summed E-state index contributed by atoms with van der Waals surface area (Å²) in [6.45, 7) is 0.600. The van der Waals surface area contributed by atoms with Gasteiger partial charge in [-0.3, -0.25) is 4.79 Å². The number of hydrogen-bond donors (Lipinski definition) is 2. The second-order valence-corrected chi connectivity index (χ2v) is 5.45. The molecule has 2 rings (SSSR count). The summed E-state index contributed by atoms with van der Waals surface area (Å²) >= 11 is 6.03. The Morgan fingerprint density at radius 3 is 2.46 bits per heavy atom. The standard InChI is InChI=1S/C17H15ClN2O4/c1-11(21)19-15-8-7-13(18)9-14(15)17(20(24)10-16(22)23)12-5-3-2-4-6-12/h2-9H,10H2,1H3,(H,19,21)(H,22,23). The van der Waals surface area contributed by atoms with E-state index >= 15 is 0 Å². The lowest BCUT2D eigenvalue weighted by molar-refractivity contribution is -0.446. The van der Waals surface area contributed by atoms with E-state index in [9.17, 15) is 14.8 Å². The van der Waals surface area contributed by atoms with Gasteiger partial charge in [-0.1, -0.05) is 29.8 Å². The number of carbonyl (C=O) groups excluding carboxylic acids is 1. The number of benzene rings is 2. The van der Waals surface area contributed by atoms with E-state index in [0.717, 1.165) is 0 Å². The summed E-state index contributed by atoms with van der Waals surface area (Å²) < 4.78 is 0.370. The predicted octanol–water partition coefficient (Wildman–Crippen LogP) is 2.73. The number of amides is 1. The van der Waals surface area contributed by atoms with E-state index in [1.54, 1.807) is 42.5 Å². The van der Waals surface area contributed by atoms with Crippen LogP contribution in [-0.4, -0.2) is 34.0 Å². The smallest absolute Gasteiger partial charge is 0.371 e. The van der Waals surface area contributed by atoms with E-state index in [1.165, 1.54) is 13.0 Å². The molecular formula is C17H15ClN2O4. The van der Waals surface area contributed by atoms with Crippen molar-refractivity contribution in [3.8, 4) is 0 Å². The first-order chi connectivity index (χ1) is 11.4. The van der Waals surface area contributed by atoms with Gasteiger partial charge in [0.1, 0.15) is 0 Å². The van der Waals surface area contributed by atoms with Gasteiger partial charge in [-0.05, 0) is 30.3 Å². The Morgan fingerprint density at radius 1 is 1.21 bits per heavy atom. The van der Waals surface area contributed by atoms with Gasteiger partial charge in [0.15, 0.2) is 0 Å². The first kappa shape index (κ1) is 17.5. The molecule has 0 spiro atoms. The molecule has 7 heteroatoms. The molecule has 0 atom stereocenters. The summed E-state index contributed by atoms with van der Waals surface area (Å²) in [6.07, 6.45) is 0. The zero-order valence-corrected chi connectivity index (χ0v) is 13.6. The largest absolute Gasteiger partial charge is 0.623 e. The molecule has 2 aromatic carbocycles. The number of anilines is 1. The van der Waals surface area contributed by atoms with Crippen molar-refractivity contribution in [3.05, 3.63) is 69.9 Å². The van der Waals surface area contributed by atoms with Crippen LogP contribution in [0.3, 0.4) is 0 Å². The molecule has 0 bridgehead atoms. The SMILES string of the molecule is CC(=O)Nc1ccc(Cl)cc1C(c1ccccc1)=[N+]([O-])CC(=O)O. The number of carbonyl (C=O) groups is 2. The molecule has 2 aromatic rings. The lowest BCUT2D eigenvalue weighted by Crippen LogP contribution is -2.25. The first-order valence-corrected chi connectivity index (χ1v) is 7.42. The molecule has 0 saturated heterocycles. The molecule has 1 amide bonds. The van der Waals surface area contributed by atoms with Crippen molar-refractivity contribution < 1.29 is 19.4 Å². The second kappa shape index (κ2) is 7.61. The lowest BCUT2D eigenvalue weighted by atomic mass is 10.00. The van der Waals surface area contributed by atoms with Crippen LogP contribution in [0.15, 0.2) is 48.5 Å². The number of halogens is 1. The Kier molecular flexibility index (Phi) is 5.55. The Balaban J connectivity index is 2.70. The van der Waals surface area contributed by atoms with Crippen LogP contribution in [0.2, 0.25) is 5.02 Å². The monoisotopic (exact) mass is 346 g/mol. The first-order valence-electron chi connectivity index (χ1n) is 7.05. The summed E-state index contributed by atoms with van der Waals surface area (Å²) in [4.78, 5) is 22.4.